The van der Waals surface area contributed by atoms with Gasteiger partial charge in [0, 0.05) is 18.6 Å². The lowest BCUT2D eigenvalue weighted by Gasteiger charge is -2.40. The average Bonchev–Trinajstić information content (AvgIpc) is 2.30. The Kier molecular flexibility index (Phi) is 7.25. The lowest BCUT2D eigenvalue weighted by molar-refractivity contribution is 0.0971. The highest BCUT2D eigenvalue weighted by Crippen LogP contribution is 2.28. The fourth-order valence-corrected chi connectivity index (χ4v) is 3.34. The quantitative estimate of drug-likeness (QED) is 0.811. The third kappa shape index (κ3) is 4.55. The third-order valence-corrected chi connectivity index (χ3v) is 5.07. The van der Waals surface area contributed by atoms with Crippen molar-refractivity contribution < 1.29 is 0 Å². The van der Waals surface area contributed by atoms with Crippen LogP contribution in [0.1, 0.15) is 65.7 Å². The summed E-state index contributed by atoms with van der Waals surface area (Å²) in [6.45, 7) is 7.79. The molecule has 2 unspecified atom stereocenters. The van der Waals surface area contributed by atoms with Gasteiger partial charge in [0.1, 0.15) is 0 Å². The van der Waals surface area contributed by atoms with Gasteiger partial charge in [-0.1, -0.05) is 46.0 Å². The van der Waals surface area contributed by atoms with E-state index in [2.05, 4.69) is 32.7 Å². The van der Waals surface area contributed by atoms with E-state index >= 15 is 0 Å². The van der Waals surface area contributed by atoms with Gasteiger partial charge in [-0.2, -0.15) is 0 Å². The van der Waals surface area contributed by atoms with E-state index in [4.69, 9.17) is 5.73 Å². The first-order valence-electron chi connectivity index (χ1n) is 8.00. The van der Waals surface area contributed by atoms with Gasteiger partial charge < -0.3 is 5.73 Å². The highest BCUT2D eigenvalue weighted by molar-refractivity contribution is 4.83. The van der Waals surface area contributed by atoms with Crippen LogP contribution in [0.5, 0.6) is 0 Å². The molecule has 2 atom stereocenters. The molecule has 2 N–H and O–H groups in total. The molecule has 1 rings (SSSR count). The van der Waals surface area contributed by atoms with E-state index in [0.29, 0.717) is 18.0 Å². The van der Waals surface area contributed by atoms with E-state index in [1.807, 2.05) is 0 Å². The molecule has 0 amide bonds. The van der Waals surface area contributed by atoms with Crippen LogP contribution in [0.15, 0.2) is 0 Å². The van der Waals surface area contributed by atoms with Crippen molar-refractivity contribution >= 4 is 0 Å². The maximum absolute atomic E-state index is 6.09. The summed E-state index contributed by atoms with van der Waals surface area (Å²) in [5, 5.41) is 0. The zero-order chi connectivity index (χ0) is 13.5. The Morgan fingerprint density at radius 2 is 1.50 bits per heavy atom. The minimum absolute atomic E-state index is 0.584. The lowest BCUT2D eigenvalue weighted by atomic mass is 9.84. The van der Waals surface area contributed by atoms with Crippen LogP contribution in [0.3, 0.4) is 0 Å². The Morgan fingerprint density at radius 1 is 1.00 bits per heavy atom. The summed E-state index contributed by atoms with van der Waals surface area (Å²) in [6, 6.07) is 1.21. The van der Waals surface area contributed by atoms with Crippen LogP contribution < -0.4 is 5.73 Å². The van der Waals surface area contributed by atoms with E-state index in [9.17, 15) is 0 Å². The molecule has 0 radical (unpaired) electrons. The summed E-state index contributed by atoms with van der Waals surface area (Å²) < 4.78 is 0. The van der Waals surface area contributed by atoms with Crippen molar-refractivity contribution in [1.82, 2.24) is 4.90 Å². The SMILES string of the molecule is CC(C)C(C)N(C)C(CN)C1CCCCCCC1. The zero-order valence-electron chi connectivity index (χ0n) is 13.0. The van der Waals surface area contributed by atoms with E-state index < -0.39 is 0 Å². The highest BCUT2D eigenvalue weighted by Gasteiger charge is 2.28. The first-order chi connectivity index (χ1) is 8.57. The molecule has 108 valence electrons. The minimum atomic E-state index is 0.584. The van der Waals surface area contributed by atoms with Gasteiger partial charge in [0.05, 0.1) is 0 Å². The van der Waals surface area contributed by atoms with Crippen LogP contribution in [-0.2, 0) is 0 Å². The lowest BCUT2D eigenvalue weighted by Crippen LogP contribution is -2.49. The zero-order valence-corrected chi connectivity index (χ0v) is 13.0. The Hall–Kier alpha value is -0.0800. The molecule has 0 heterocycles. The fraction of sp³-hybridized carbons (Fsp3) is 1.00. The average molecular weight is 254 g/mol. The summed E-state index contributed by atoms with van der Waals surface area (Å²) in [5.41, 5.74) is 6.09. The van der Waals surface area contributed by atoms with E-state index in [0.717, 1.165) is 12.5 Å². The first-order valence-corrected chi connectivity index (χ1v) is 8.00. The minimum Gasteiger partial charge on any atom is -0.329 e. The second-order valence-corrected chi connectivity index (χ2v) is 6.56. The molecule has 0 saturated heterocycles. The molecular weight excluding hydrogens is 220 g/mol. The largest absolute Gasteiger partial charge is 0.329 e. The topological polar surface area (TPSA) is 29.3 Å². The number of hydrogen-bond donors (Lipinski definition) is 1. The summed E-state index contributed by atoms with van der Waals surface area (Å²) >= 11 is 0. The second kappa shape index (κ2) is 8.16. The number of nitrogens with zero attached hydrogens (tertiary/aromatic N) is 1. The fourth-order valence-electron chi connectivity index (χ4n) is 3.34. The Morgan fingerprint density at radius 3 is 1.94 bits per heavy atom. The first kappa shape index (κ1) is 16.0. The van der Waals surface area contributed by atoms with Gasteiger partial charge in [0.2, 0.25) is 0 Å². The smallest absolute Gasteiger partial charge is 0.0246 e. The van der Waals surface area contributed by atoms with Crippen LogP contribution in [0, 0.1) is 11.8 Å². The highest BCUT2D eigenvalue weighted by atomic mass is 15.2. The summed E-state index contributed by atoms with van der Waals surface area (Å²) in [6.07, 6.45) is 9.89. The van der Waals surface area contributed by atoms with Gasteiger partial charge in [0.15, 0.2) is 0 Å². The summed E-state index contributed by atoms with van der Waals surface area (Å²) in [5.74, 6) is 1.53. The molecule has 18 heavy (non-hydrogen) atoms. The molecule has 1 aliphatic carbocycles. The molecule has 2 heteroatoms. The Labute approximate surface area is 114 Å². The molecule has 0 aromatic rings. The van der Waals surface area contributed by atoms with Gasteiger partial charge in [0.25, 0.3) is 0 Å². The molecule has 2 nitrogen and oxygen atoms in total. The summed E-state index contributed by atoms with van der Waals surface area (Å²) in [4.78, 5) is 2.55. The second-order valence-electron chi connectivity index (χ2n) is 6.56. The van der Waals surface area contributed by atoms with Crippen molar-refractivity contribution in [3.8, 4) is 0 Å². The molecular formula is C16H34N2. The van der Waals surface area contributed by atoms with E-state index in [1.165, 1.54) is 44.9 Å². The molecule has 0 aromatic heterocycles. The normalized spacial score (nSPS) is 22.8. The maximum Gasteiger partial charge on any atom is 0.0246 e. The van der Waals surface area contributed by atoms with Gasteiger partial charge in [-0.15, -0.1) is 0 Å². The number of likely N-dealkylation sites (N-methyl/N-ethyl adjacent to an activating group) is 1. The van der Waals surface area contributed by atoms with Crippen molar-refractivity contribution in [2.45, 2.75) is 77.8 Å². The van der Waals surface area contributed by atoms with E-state index in [1.54, 1.807) is 0 Å². The molecule has 0 bridgehead atoms. The molecule has 1 fully saturated rings. The van der Waals surface area contributed by atoms with Gasteiger partial charge >= 0.3 is 0 Å². The standard InChI is InChI=1S/C16H34N2/c1-13(2)14(3)18(4)16(12-17)15-10-8-6-5-7-9-11-15/h13-16H,5-12,17H2,1-4H3. The van der Waals surface area contributed by atoms with Crippen LogP contribution >= 0.6 is 0 Å². The van der Waals surface area contributed by atoms with Crippen molar-refractivity contribution in [2.24, 2.45) is 17.6 Å². The molecule has 1 saturated carbocycles. The predicted molar refractivity (Wildman–Crippen MR) is 80.7 cm³/mol. The van der Waals surface area contributed by atoms with Gasteiger partial charge in [-0.3, -0.25) is 4.90 Å². The monoisotopic (exact) mass is 254 g/mol. The molecule has 1 aliphatic rings. The van der Waals surface area contributed by atoms with E-state index in [-0.39, 0.29) is 0 Å². The van der Waals surface area contributed by atoms with Crippen molar-refractivity contribution in [3.05, 3.63) is 0 Å². The third-order valence-electron chi connectivity index (χ3n) is 5.07. The van der Waals surface area contributed by atoms with Crippen molar-refractivity contribution in [1.29, 1.82) is 0 Å². The number of rotatable bonds is 5. The van der Waals surface area contributed by atoms with Crippen LogP contribution in [0.25, 0.3) is 0 Å². The van der Waals surface area contributed by atoms with Crippen LogP contribution in [0.4, 0.5) is 0 Å². The predicted octanol–water partition coefficient (Wildman–Crippen LogP) is 3.65. The Balaban J connectivity index is 2.61. The number of hydrogen-bond acceptors (Lipinski definition) is 2. The molecule has 0 aliphatic heterocycles. The van der Waals surface area contributed by atoms with Crippen LogP contribution in [-0.4, -0.2) is 30.6 Å². The van der Waals surface area contributed by atoms with Crippen molar-refractivity contribution in [3.63, 3.8) is 0 Å². The summed E-state index contributed by atoms with van der Waals surface area (Å²) in [7, 11) is 2.28. The molecule has 0 spiro atoms. The van der Waals surface area contributed by atoms with Crippen LogP contribution in [0.2, 0.25) is 0 Å². The van der Waals surface area contributed by atoms with Gasteiger partial charge in [-0.05, 0) is 38.6 Å². The number of nitrogens with two attached hydrogens (primary N) is 1. The Bertz CT molecular complexity index is 207. The molecule has 0 aromatic carbocycles. The van der Waals surface area contributed by atoms with Crippen molar-refractivity contribution in [2.75, 3.05) is 13.6 Å². The van der Waals surface area contributed by atoms with Gasteiger partial charge in [-0.25, -0.2) is 0 Å². The maximum atomic E-state index is 6.09.